The molecule has 8 heteroatoms. The van der Waals surface area contributed by atoms with Crippen LogP contribution in [-0.2, 0) is 10.0 Å². The maximum absolute atomic E-state index is 12.9. The van der Waals surface area contributed by atoms with Crippen molar-refractivity contribution >= 4 is 33.0 Å². The van der Waals surface area contributed by atoms with Gasteiger partial charge in [-0.25, -0.2) is 13.4 Å². The molecule has 0 aliphatic heterocycles. The van der Waals surface area contributed by atoms with Crippen molar-refractivity contribution in [3.05, 3.63) is 77.6 Å². The minimum absolute atomic E-state index is 0.0268. The third-order valence-electron chi connectivity index (χ3n) is 4.44. The third kappa shape index (κ3) is 3.92. The Labute approximate surface area is 173 Å². The minimum atomic E-state index is -3.89. The Morgan fingerprint density at radius 2 is 1.93 bits per heavy atom. The van der Waals surface area contributed by atoms with Gasteiger partial charge >= 0.3 is 0 Å². The number of anilines is 1. The number of nitrogens with zero attached hydrogens (tertiary/aromatic N) is 2. The van der Waals surface area contributed by atoms with Crippen molar-refractivity contribution in [1.29, 1.82) is 0 Å². The highest BCUT2D eigenvalue weighted by atomic mass is 35.5. The fraction of sp³-hybridized carbons (Fsp3) is 0.0952. The molecule has 0 amide bonds. The number of methoxy groups -OCH3 is 1. The van der Waals surface area contributed by atoms with Crippen LogP contribution in [0.4, 0.5) is 5.69 Å². The molecule has 0 spiro atoms. The Morgan fingerprint density at radius 1 is 1.10 bits per heavy atom. The molecule has 0 saturated carbocycles. The average Bonchev–Trinajstić information content (AvgIpc) is 3.11. The molecule has 0 aliphatic rings. The molecule has 4 aromatic rings. The van der Waals surface area contributed by atoms with Crippen LogP contribution < -0.4 is 9.46 Å². The second kappa shape index (κ2) is 7.42. The first-order valence-electron chi connectivity index (χ1n) is 8.78. The summed E-state index contributed by atoms with van der Waals surface area (Å²) < 4.78 is 35.5. The van der Waals surface area contributed by atoms with Gasteiger partial charge in [0.15, 0.2) is 0 Å². The van der Waals surface area contributed by atoms with Gasteiger partial charge in [0.1, 0.15) is 16.3 Å². The summed E-state index contributed by atoms with van der Waals surface area (Å²) in [4.78, 5) is 4.60. The van der Waals surface area contributed by atoms with Crippen LogP contribution >= 0.6 is 11.6 Å². The molecule has 0 bridgehead atoms. The number of hydrogen-bond acceptors (Lipinski definition) is 4. The Morgan fingerprint density at radius 3 is 2.72 bits per heavy atom. The first kappa shape index (κ1) is 19.3. The number of aryl methyl sites for hydroxylation is 1. The third-order valence-corrected chi connectivity index (χ3v) is 6.08. The van der Waals surface area contributed by atoms with Gasteiger partial charge < -0.3 is 9.14 Å². The van der Waals surface area contributed by atoms with Gasteiger partial charge in [0, 0.05) is 28.7 Å². The minimum Gasteiger partial charge on any atom is -0.495 e. The lowest BCUT2D eigenvalue weighted by atomic mass is 10.1. The van der Waals surface area contributed by atoms with E-state index in [-0.39, 0.29) is 10.6 Å². The van der Waals surface area contributed by atoms with Crippen molar-refractivity contribution in [2.24, 2.45) is 0 Å². The monoisotopic (exact) mass is 427 g/mol. The number of benzene rings is 2. The number of pyridine rings is 1. The second-order valence-electron chi connectivity index (χ2n) is 6.58. The number of halogens is 1. The molecule has 1 N–H and O–H groups in total. The molecule has 4 rings (SSSR count). The van der Waals surface area contributed by atoms with Gasteiger partial charge in [-0.1, -0.05) is 23.7 Å². The second-order valence-corrected chi connectivity index (χ2v) is 8.66. The molecule has 0 radical (unpaired) electrons. The van der Waals surface area contributed by atoms with Gasteiger partial charge in [-0.2, -0.15) is 0 Å². The summed E-state index contributed by atoms with van der Waals surface area (Å²) in [5.74, 6) is 0.216. The number of sulfonamides is 1. The van der Waals surface area contributed by atoms with Crippen LogP contribution in [0.1, 0.15) is 5.56 Å². The number of fused-ring (bicyclic) bond motifs is 1. The first-order chi connectivity index (χ1) is 13.9. The van der Waals surface area contributed by atoms with Gasteiger partial charge in [0.25, 0.3) is 10.0 Å². The van der Waals surface area contributed by atoms with E-state index in [1.165, 1.54) is 19.2 Å². The molecule has 2 aromatic heterocycles. The van der Waals surface area contributed by atoms with Crippen molar-refractivity contribution in [1.82, 2.24) is 9.38 Å². The summed E-state index contributed by atoms with van der Waals surface area (Å²) in [6, 6.07) is 15.5. The Kier molecular flexibility index (Phi) is 4.94. The summed E-state index contributed by atoms with van der Waals surface area (Å²) in [6.07, 6.45) is 3.85. The van der Waals surface area contributed by atoms with E-state index in [1.54, 1.807) is 24.3 Å². The highest BCUT2D eigenvalue weighted by Gasteiger charge is 2.20. The van der Waals surface area contributed by atoms with Crippen LogP contribution in [-0.4, -0.2) is 24.9 Å². The Hall–Kier alpha value is -3.03. The number of ether oxygens (including phenoxy) is 1. The first-order valence-corrected chi connectivity index (χ1v) is 10.6. The number of hydrogen-bond donors (Lipinski definition) is 1. The zero-order chi connectivity index (χ0) is 20.6. The number of rotatable bonds is 5. The average molecular weight is 428 g/mol. The van der Waals surface area contributed by atoms with Crippen LogP contribution in [0.25, 0.3) is 16.9 Å². The lowest BCUT2D eigenvalue weighted by Gasteiger charge is -2.12. The lowest BCUT2D eigenvalue weighted by Crippen LogP contribution is -2.14. The summed E-state index contributed by atoms with van der Waals surface area (Å²) in [6.45, 7) is 2.01. The van der Waals surface area contributed by atoms with E-state index in [2.05, 4.69) is 9.71 Å². The Balaban J connectivity index is 1.69. The smallest absolute Gasteiger partial charge is 0.265 e. The van der Waals surface area contributed by atoms with Crippen LogP contribution in [0, 0.1) is 6.92 Å². The largest absolute Gasteiger partial charge is 0.495 e. The van der Waals surface area contributed by atoms with E-state index < -0.39 is 10.0 Å². The molecule has 0 saturated heterocycles. The van der Waals surface area contributed by atoms with Crippen LogP contribution in [0.2, 0.25) is 5.02 Å². The van der Waals surface area contributed by atoms with Crippen molar-refractivity contribution in [2.75, 3.05) is 11.8 Å². The van der Waals surface area contributed by atoms with Crippen molar-refractivity contribution in [3.63, 3.8) is 0 Å². The van der Waals surface area contributed by atoms with E-state index in [0.29, 0.717) is 10.7 Å². The van der Waals surface area contributed by atoms with Crippen LogP contribution in [0.15, 0.2) is 71.9 Å². The molecular weight excluding hydrogens is 410 g/mol. The number of aromatic nitrogens is 2. The van der Waals surface area contributed by atoms with Crippen molar-refractivity contribution < 1.29 is 13.2 Å². The normalized spacial score (nSPS) is 11.6. The van der Waals surface area contributed by atoms with Gasteiger partial charge in [-0.15, -0.1) is 0 Å². The molecule has 0 fully saturated rings. The summed E-state index contributed by atoms with van der Waals surface area (Å²) >= 11 is 5.98. The molecule has 0 atom stereocenters. The SMILES string of the molecule is COc1ccc(Cl)cc1S(=O)(=O)Nc1cccc(-c2cn3ccc(C)cc3n2)c1. The summed E-state index contributed by atoms with van der Waals surface area (Å²) in [7, 11) is -2.48. The van der Waals surface area contributed by atoms with Crippen molar-refractivity contribution in [2.45, 2.75) is 11.8 Å². The molecule has 2 aromatic carbocycles. The zero-order valence-corrected chi connectivity index (χ0v) is 17.3. The molecule has 6 nitrogen and oxygen atoms in total. The lowest BCUT2D eigenvalue weighted by molar-refractivity contribution is 0.403. The fourth-order valence-corrected chi connectivity index (χ4v) is 4.52. The fourth-order valence-electron chi connectivity index (χ4n) is 3.04. The standard InChI is InChI=1S/C21H18ClN3O3S/c1-14-8-9-25-13-18(23-21(25)10-14)15-4-3-5-17(11-15)24-29(26,27)20-12-16(22)6-7-19(20)28-2/h3-13,24H,1-2H3. The predicted molar refractivity (Wildman–Crippen MR) is 114 cm³/mol. The van der Waals surface area contributed by atoms with Gasteiger partial charge in [-0.05, 0) is 55.0 Å². The van der Waals surface area contributed by atoms with Crippen molar-refractivity contribution in [3.8, 4) is 17.0 Å². The Bertz CT molecular complexity index is 1320. The summed E-state index contributed by atoms with van der Waals surface area (Å²) in [5, 5.41) is 0.305. The van der Waals surface area contributed by atoms with E-state index in [4.69, 9.17) is 16.3 Å². The van der Waals surface area contributed by atoms with E-state index in [0.717, 1.165) is 22.5 Å². The number of imidazole rings is 1. The summed E-state index contributed by atoms with van der Waals surface area (Å²) in [5.41, 5.74) is 3.90. The quantitative estimate of drug-likeness (QED) is 0.497. The molecular formula is C21H18ClN3O3S. The van der Waals surface area contributed by atoms with Crippen LogP contribution in [0.5, 0.6) is 5.75 Å². The maximum atomic E-state index is 12.9. The highest BCUT2D eigenvalue weighted by molar-refractivity contribution is 7.92. The topological polar surface area (TPSA) is 72.7 Å². The zero-order valence-electron chi connectivity index (χ0n) is 15.8. The van der Waals surface area contributed by atoms with E-state index in [9.17, 15) is 8.42 Å². The van der Waals surface area contributed by atoms with E-state index in [1.807, 2.05) is 41.9 Å². The molecule has 2 heterocycles. The van der Waals surface area contributed by atoms with Gasteiger partial charge in [-0.3, -0.25) is 4.72 Å². The molecule has 29 heavy (non-hydrogen) atoms. The molecule has 0 unspecified atom stereocenters. The van der Waals surface area contributed by atoms with Crippen LogP contribution in [0.3, 0.4) is 0 Å². The van der Waals surface area contributed by atoms with Gasteiger partial charge in [0.05, 0.1) is 12.8 Å². The maximum Gasteiger partial charge on any atom is 0.265 e. The van der Waals surface area contributed by atoms with Gasteiger partial charge in [0.2, 0.25) is 0 Å². The molecule has 148 valence electrons. The molecule has 0 aliphatic carbocycles. The van der Waals surface area contributed by atoms with E-state index >= 15 is 0 Å². The predicted octanol–water partition coefficient (Wildman–Crippen LogP) is 4.77. The number of nitrogens with one attached hydrogen (secondary N) is 1. The highest BCUT2D eigenvalue weighted by Crippen LogP contribution is 2.30.